The SMILES string of the molecule is CS(=O)(=O)N1CCC(C(=O)Nc2nnc(SCC(=O)Nc3ccccc3)s2)CC1. The topological polar surface area (TPSA) is 121 Å². The smallest absolute Gasteiger partial charge is 0.234 e. The molecular weight excluding hydrogens is 434 g/mol. The van der Waals surface area contributed by atoms with Gasteiger partial charge in [-0.05, 0) is 25.0 Å². The third kappa shape index (κ3) is 6.49. The van der Waals surface area contributed by atoms with E-state index in [0.717, 1.165) is 5.69 Å². The maximum absolute atomic E-state index is 12.4. The van der Waals surface area contributed by atoms with Gasteiger partial charge >= 0.3 is 0 Å². The molecule has 0 aliphatic carbocycles. The van der Waals surface area contributed by atoms with Crippen molar-refractivity contribution in [3.8, 4) is 0 Å². The minimum absolute atomic E-state index is 0.153. The summed E-state index contributed by atoms with van der Waals surface area (Å²) < 4.78 is 25.1. The molecule has 0 bridgehead atoms. The first-order chi connectivity index (χ1) is 13.8. The molecule has 1 aliphatic rings. The Morgan fingerprint density at radius 3 is 2.52 bits per heavy atom. The van der Waals surface area contributed by atoms with Crippen LogP contribution in [0.15, 0.2) is 34.7 Å². The first-order valence-corrected chi connectivity index (χ1v) is 12.5. The van der Waals surface area contributed by atoms with E-state index in [2.05, 4.69) is 20.8 Å². The van der Waals surface area contributed by atoms with Crippen LogP contribution in [0, 0.1) is 5.92 Å². The van der Waals surface area contributed by atoms with Gasteiger partial charge in [0, 0.05) is 24.7 Å². The number of sulfonamides is 1. The van der Waals surface area contributed by atoms with Gasteiger partial charge in [0.2, 0.25) is 27.0 Å². The lowest BCUT2D eigenvalue weighted by molar-refractivity contribution is -0.121. The normalized spacial score (nSPS) is 15.8. The molecule has 2 aromatic rings. The summed E-state index contributed by atoms with van der Waals surface area (Å²) in [4.78, 5) is 24.4. The lowest BCUT2D eigenvalue weighted by atomic mass is 9.97. The second-order valence-corrected chi connectivity index (χ2v) is 10.7. The standard InChI is InChI=1S/C17H21N5O4S3/c1-29(25,26)22-9-7-12(8-10-22)15(24)19-16-20-21-17(28-16)27-11-14(23)18-13-5-3-2-4-6-13/h2-6,12H,7-11H2,1H3,(H,18,23)(H,19,20,24). The molecule has 0 atom stereocenters. The number of carbonyl (C=O) groups excluding carboxylic acids is 2. The maximum Gasteiger partial charge on any atom is 0.234 e. The third-order valence-electron chi connectivity index (χ3n) is 4.31. The molecule has 12 heteroatoms. The molecular formula is C17H21N5O4S3. The van der Waals surface area contributed by atoms with Crippen molar-refractivity contribution in [1.29, 1.82) is 0 Å². The molecule has 29 heavy (non-hydrogen) atoms. The first-order valence-electron chi connectivity index (χ1n) is 8.88. The van der Waals surface area contributed by atoms with Crippen molar-refractivity contribution < 1.29 is 18.0 Å². The molecule has 1 fully saturated rings. The van der Waals surface area contributed by atoms with Crippen molar-refractivity contribution in [1.82, 2.24) is 14.5 Å². The number of rotatable bonds is 7. The van der Waals surface area contributed by atoms with E-state index in [9.17, 15) is 18.0 Å². The summed E-state index contributed by atoms with van der Waals surface area (Å²) >= 11 is 2.44. The molecule has 0 unspecified atom stereocenters. The number of hydrogen-bond acceptors (Lipinski definition) is 8. The Bertz CT molecular complexity index is 956. The van der Waals surface area contributed by atoms with Gasteiger partial charge in [0.05, 0.1) is 12.0 Å². The number of thioether (sulfide) groups is 1. The van der Waals surface area contributed by atoms with Crippen molar-refractivity contribution in [2.24, 2.45) is 5.92 Å². The molecule has 156 valence electrons. The fourth-order valence-corrected chi connectivity index (χ4v) is 5.25. The van der Waals surface area contributed by atoms with Crippen molar-refractivity contribution >= 4 is 55.8 Å². The van der Waals surface area contributed by atoms with Crippen LogP contribution in [0.4, 0.5) is 10.8 Å². The number of amides is 2. The van der Waals surface area contributed by atoms with Crippen LogP contribution < -0.4 is 10.6 Å². The number of hydrogen-bond donors (Lipinski definition) is 2. The monoisotopic (exact) mass is 455 g/mol. The number of para-hydroxylation sites is 1. The van der Waals surface area contributed by atoms with Crippen LogP contribution in [0.2, 0.25) is 0 Å². The highest BCUT2D eigenvalue weighted by Crippen LogP contribution is 2.27. The molecule has 2 heterocycles. The van der Waals surface area contributed by atoms with Gasteiger partial charge in [0.15, 0.2) is 4.34 Å². The lowest BCUT2D eigenvalue weighted by Gasteiger charge is -2.29. The Labute approximate surface area is 177 Å². The van der Waals surface area contributed by atoms with Gasteiger partial charge in [-0.2, -0.15) is 0 Å². The fourth-order valence-electron chi connectivity index (χ4n) is 2.82. The number of anilines is 2. The minimum atomic E-state index is -3.22. The molecule has 1 aromatic heterocycles. The van der Waals surface area contributed by atoms with Crippen LogP contribution in [0.25, 0.3) is 0 Å². The van der Waals surface area contributed by atoms with Gasteiger partial charge in [-0.25, -0.2) is 12.7 Å². The van der Waals surface area contributed by atoms with Crippen molar-refractivity contribution in [2.45, 2.75) is 17.2 Å². The molecule has 2 amide bonds. The molecule has 1 saturated heterocycles. The van der Waals surface area contributed by atoms with Crippen molar-refractivity contribution in [2.75, 3.05) is 35.7 Å². The second-order valence-electron chi connectivity index (χ2n) is 6.50. The average Bonchev–Trinajstić information content (AvgIpc) is 3.14. The second kappa shape index (κ2) is 9.65. The van der Waals surface area contributed by atoms with Crippen LogP contribution in [0.5, 0.6) is 0 Å². The number of aromatic nitrogens is 2. The Hall–Kier alpha value is -2.02. The number of piperidine rings is 1. The van der Waals surface area contributed by atoms with E-state index < -0.39 is 10.0 Å². The van der Waals surface area contributed by atoms with E-state index in [0.29, 0.717) is 35.4 Å². The number of benzene rings is 1. The predicted molar refractivity (Wildman–Crippen MR) is 113 cm³/mol. The summed E-state index contributed by atoms with van der Waals surface area (Å²) in [5.74, 6) is -0.418. The van der Waals surface area contributed by atoms with E-state index in [-0.39, 0.29) is 23.5 Å². The highest BCUT2D eigenvalue weighted by molar-refractivity contribution is 8.01. The molecule has 1 aromatic carbocycles. The number of nitrogens with one attached hydrogen (secondary N) is 2. The summed E-state index contributed by atoms with van der Waals surface area (Å²) in [5, 5.41) is 13.8. The first kappa shape index (κ1) is 21.7. The van der Waals surface area contributed by atoms with Gasteiger partial charge in [-0.3, -0.25) is 9.59 Å². The van der Waals surface area contributed by atoms with E-state index in [1.54, 1.807) is 0 Å². The van der Waals surface area contributed by atoms with Gasteiger partial charge in [-0.15, -0.1) is 10.2 Å². The van der Waals surface area contributed by atoms with Crippen LogP contribution in [0.3, 0.4) is 0 Å². The van der Waals surface area contributed by atoms with Gasteiger partial charge in [-0.1, -0.05) is 41.3 Å². The minimum Gasteiger partial charge on any atom is -0.325 e. The largest absolute Gasteiger partial charge is 0.325 e. The Balaban J connectivity index is 1.44. The number of nitrogens with zero attached hydrogens (tertiary/aromatic N) is 3. The molecule has 0 radical (unpaired) electrons. The molecule has 0 saturated carbocycles. The van der Waals surface area contributed by atoms with Gasteiger partial charge in [0.25, 0.3) is 0 Å². The van der Waals surface area contributed by atoms with Crippen molar-refractivity contribution in [3.63, 3.8) is 0 Å². The Morgan fingerprint density at radius 1 is 1.17 bits per heavy atom. The zero-order valence-electron chi connectivity index (χ0n) is 15.7. The summed E-state index contributed by atoms with van der Waals surface area (Å²) in [5.41, 5.74) is 0.727. The highest BCUT2D eigenvalue weighted by Gasteiger charge is 2.29. The summed E-state index contributed by atoms with van der Waals surface area (Å²) in [6.07, 6.45) is 2.12. The summed E-state index contributed by atoms with van der Waals surface area (Å²) in [6.45, 7) is 0.676. The quantitative estimate of drug-likeness (QED) is 0.483. The molecule has 1 aliphatic heterocycles. The Kier molecular flexibility index (Phi) is 7.22. The van der Waals surface area contributed by atoms with Crippen LogP contribution >= 0.6 is 23.1 Å². The summed E-state index contributed by atoms with van der Waals surface area (Å²) in [7, 11) is -3.22. The van der Waals surface area contributed by atoms with Gasteiger partial charge in [0.1, 0.15) is 0 Å². The predicted octanol–water partition coefficient (Wildman–Crippen LogP) is 1.88. The summed E-state index contributed by atoms with van der Waals surface area (Å²) in [6, 6.07) is 9.17. The van der Waals surface area contributed by atoms with E-state index in [1.807, 2.05) is 30.3 Å². The molecule has 0 spiro atoms. The van der Waals surface area contributed by atoms with Gasteiger partial charge < -0.3 is 10.6 Å². The molecule has 9 nitrogen and oxygen atoms in total. The molecule has 2 N–H and O–H groups in total. The lowest BCUT2D eigenvalue weighted by Crippen LogP contribution is -2.40. The maximum atomic E-state index is 12.4. The zero-order chi connectivity index (χ0) is 20.9. The number of carbonyl (C=O) groups is 2. The molecule has 3 rings (SSSR count). The van der Waals surface area contributed by atoms with E-state index >= 15 is 0 Å². The fraction of sp³-hybridized carbons (Fsp3) is 0.412. The van der Waals surface area contributed by atoms with E-state index in [1.165, 1.54) is 33.7 Å². The van der Waals surface area contributed by atoms with Crippen LogP contribution in [-0.4, -0.2) is 59.8 Å². The third-order valence-corrected chi connectivity index (χ3v) is 7.59. The zero-order valence-corrected chi connectivity index (χ0v) is 18.1. The Morgan fingerprint density at radius 2 is 1.86 bits per heavy atom. The van der Waals surface area contributed by atoms with E-state index in [4.69, 9.17) is 0 Å². The van der Waals surface area contributed by atoms with Crippen LogP contribution in [0.1, 0.15) is 12.8 Å². The highest BCUT2D eigenvalue weighted by atomic mass is 32.2. The average molecular weight is 456 g/mol. The van der Waals surface area contributed by atoms with Crippen LogP contribution in [-0.2, 0) is 19.6 Å². The van der Waals surface area contributed by atoms with Crippen molar-refractivity contribution in [3.05, 3.63) is 30.3 Å².